The quantitative estimate of drug-likeness (QED) is 0.718. The molecular weight excluding hydrogens is 362 g/mol. The van der Waals surface area contributed by atoms with Crippen molar-refractivity contribution in [2.75, 3.05) is 7.11 Å². The lowest BCUT2D eigenvalue weighted by molar-refractivity contribution is 0.185. The zero-order chi connectivity index (χ0) is 19.9. The van der Waals surface area contributed by atoms with E-state index in [0.29, 0.717) is 33.7 Å². The van der Waals surface area contributed by atoms with Crippen LogP contribution in [0.4, 0.5) is 0 Å². The number of benzene rings is 2. The Kier molecular flexibility index (Phi) is 5.16. The first kappa shape index (κ1) is 19.6. The SMILES string of the molecule is COCc1ccc2c(C(C)O)cn(S(=O)(=O)c3c(C)cc(C)cc3C)c2c1. The van der Waals surface area contributed by atoms with Crippen molar-refractivity contribution in [1.29, 1.82) is 0 Å². The largest absolute Gasteiger partial charge is 0.389 e. The van der Waals surface area contributed by atoms with Gasteiger partial charge in [-0.05, 0) is 50.5 Å². The number of hydrogen-bond donors (Lipinski definition) is 1. The minimum Gasteiger partial charge on any atom is -0.389 e. The molecule has 3 rings (SSSR count). The van der Waals surface area contributed by atoms with Crippen LogP contribution in [0.25, 0.3) is 10.9 Å². The van der Waals surface area contributed by atoms with Crippen molar-refractivity contribution in [1.82, 2.24) is 3.97 Å². The van der Waals surface area contributed by atoms with Gasteiger partial charge in [-0.2, -0.15) is 0 Å². The summed E-state index contributed by atoms with van der Waals surface area (Å²) in [5, 5.41) is 10.9. The van der Waals surface area contributed by atoms with Crippen molar-refractivity contribution in [2.45, 2.75) is 45.3 Å². The molecule has 2 aromatic carbocycles. The van der Waals surface area contributed by atoms with Crippen LogP contribution in [0.5, 0.6) is 0 Å². The summed E-state index contributed by atoms with van der Waals surface area (Å²) in [6.45, 7) is 7.59. The van der Waals surface area contributed by atoms with Crippen LogP contribution in [0.2, 0.25) is 0 Å². The topological polar surface area (TPSA) is 68.5 Å². The second-order valence-electron chi connectivity index (χ2n) is 7.07. The van der Waals surface area contributed by atoms with Crippen molar-refractivity contribution in [2.24, 2.45) is 0 Å². The molecule has 0 aliphatic heterocycles. The normalized spacial score (nSPS) is 13.3. The van der Waals surface area contributed by atoms with Gasteiger partial charge in [-0.3, -0.25) is 0 Å². The smallest absolute Gasteiger partial charge is 0.268 e. The van der Waals surface area contributed by atoms with Crippen LogP contribution in [0.3, 0.4) is 0 Å². The van der Waals surface area contributed by atoms with E-state index >= 15 is 0 Å². The highest BCUT2D eigenvalue weighted by Crippen LogP contribution is 2.32. The predicted molar refractivity (Wildman–Crippen MR) is 107 cm³/mol. The van der Waals surface area contributed by atoms with Gasteiger partial charge >= 0.3 is 0 Å². The summed E-state index contributed by atoms with van der Waals surface area (Å²) in [7, 11) is -2.23. The number of aliphatic hydroxyl groups excluding tert-OH is 1. The molecule has 0 saturated carbocycles. The van der Waals surface area contributed by atoms with E-state index in [-0.39, 0.29) is 0 Å². The summed E-state index contributed by atoms with van der Waals surface area (Å²) < 4.78 is 33.6. The fourth-order valence-corrected chi connectivity index (χ4v) is 5.52. The number of rotatable bonds is 5. The molecule has 0 bridgehead atoms. The first-order valence-electron chi connectivity index (χ1n) is 8.81. The van der Waals surface area contributed by atoms with E-state index in [9.17, 15) is 13.5 Å². The summed E-state index contributed by atoms with van der Waals surface area (Å²) in [5.74, 6) is 0. The highest BCUT2D eigenvalue weighted by molar-refractivity contribution is 7.90. The van der Waals surface area contributed by atoms with Crippen LogP contribution in [0.1, 0.15) is 40.8 Å². The average molecular weight is 388 g/mol. The first-order chi connectivity index (χ1) is 12.7. The molecule has 0 spiro atoms. The molecule has 1 aromatic heterocycles. The fourth-order valence-electron chi connectivity index (χ4n) is 3.73. The molecule has 27 heavy (non-hydrogen) atoms. The van der Waals surface area contributed by atoms with Crippen LogP contribution in [0.15, 0.2) is 41.4 Å². The molecule has 1 atom stereocenters. The van der Waals surface area contributed by atoms with Gasteiger partial charge in [0.25, 0.3) is 10.0 Å². The number of hydrogen-bond acceptors (Lipinski definition) is 4. The summed E-state index contributed by atoms with van der Waals surface area (Å²) >= 11 is 0. The Morgan fingerprint density at radius 3 is 2.30 bits per heavy atom. The van der Waals surface area contributed by atoms with Crippen molar-refractivity contribution >= 4 is 20.9 Å². The lowest BCUT2D eigenvalue weighted by atomic mass is 10.1. The van der Waals surface area contributed by atoms with Gasteiger partial charge in [-0.1, -0.05) is 29.8 Å². The second kappa shape index (κ2) is 7.11. The van der Waals surface area contributed by atoms with Crippen LogP contribution in [-0.2, 0) is 21.4 Å². The summed E-state index contributed by atoms with van der Waals surface area (Å²) in [5.41, 5.74) is 4.43. The summed E-state index contributed by atoms with van der Waals surface area (Å²) in [4.78, 5) is 0.305. The third-order valence-electron chi connectivity index (χ3n) is 4.75. The molecule has 0 fully saturated rings. The third kappa shape index (κ3) is 3.40. The average Bonchev–Trinajstić information content (AvgIpc) is 2.93. The van der Waals surface area contributed by atoms with E-state index in [4.69, 9.17) is 4.74 Å². The Morgan fingerprint density at radius 1 is 1.11 bits per heavy atom. The van der Waals surface area contributed by atoms with E-state index in [1.165, 1.54) is 10.2 Å². The minimum atomic E-state index is -3.82. The number of aryl methyl sites for hydroxylation is 3. The van der Waals surface area contributed by atoms with Crippen molar-refractivity contribution in [3.8, 4) is 0 Å². The Balaban J connectivity index is 2.34. The summed E-state index contributed by atoms with van der Waals surface area (Å²) in [6.07, 6.45) is 0.748. The number of fused-ring (bicyclic) bond motifs is 1. The Bertz CT molecular complexity index is 1090. The maximum atomic E-state index is 13.6. The van der Waals surface area contributed by atoms with Gasteiger partial charge in [-0.25, -0.2) is 12.4 Å². The van der Waals surface area contributed by atoms with E-state index < -0.39 is 16.1 Å². The van der Waals surface area contributed by atoms with Gasteiger partial charge in [0.2, 0.25) is 0 Å². The molecule has 3 aromatic rings. The van der Waals surface area contributed by atoms with Crippen LogP contribution in [0, 0.1) is 20.8 Å². The van der Waals surface area contributed by atoms with Crippen molar-refractivity contribution in [3.05, 3.63) is 64.3 Å². The van der Waals surface area contributed by atoms with E-state index in [1.54, 1.807) is 20.1 Å². The van der Waals surface area contributed by atoms with Gasteiger partial charge in [0, 0.05) is 24.3 Å². The number of ether oxygens (including phenoxy) is 1. The highest BCUT2D eigenvalue weighted by atomic mass is 32.2. The molecule has 1 N–H and O–H groups in total. The lowest BCUT2D eigenvalue weighted by Gasteiger charge is -2.14. The molecule has 0 aliphatic rings. The van der Waals surface area contributed by atoms with E-state index in [2.05, 4.69) is 0 Å². The van der Waals surface area contributed by atoms with Gasteiger partial charge in [0.1, 0.15) is 0 Å². The molecule has 0 radical (unpaired) electrons. The van der Waals surface area contributed by atoms with Crippen LogP contribution in [-0.4, -0.2) is 24.6 Å². The standard InChI is InChI=1S/C21H25NO4S/c1-13-8-14(2)21(15(3)9-13)27(24,25)22-11-19(16(4)23)18-7-6-17(12-26-5)10-20(18)22/h6-11,16,23H,12H2,1-5H3. The van der Waals surface area contributed by atoms with Crippen LogP contribution < -0.4 is 0 Å². The first-order valence-corrected chi connectivity index (χ1v) is 10.2. The van der Waals surface area contributed by atoms with E-state index in [1.807, 2.05) is 45.0 Å². The monoisotopic (exact) mass is 387 g/mol. The minimum absolute atomic E-state index is 0.305. The third-order valence-corrected chi connectivity index (χ3v) is 6.73. The molecule has 6 heteroatoms. The fraction of sp³-hybridized carbons (Fsp3) is 0.333. The molecule has 5 nitrogen and oxygen atoms in total. The highest BCUT2D eigenvalue weighted by Gasteiger charge is 2.26. The number of aliphatic hydroxyl groups is 1. The Labute approximate surface area is 160 Å². The molecule has 144 valence electrons. The molecule has 1 heterocycles. The molecule has 1 unspecified atom stereocenters. The zero-order valence-electron chi connectivity index (χ0n) is 16.3. The Morgan fingerprint density at radius 2 is 1.74 bits per heavy atom. The molecular formula is C21H25NO4S. The van der Waals surface area contributed by atoms with Gasteiger partial charge < -0.3 is 9.84 Å². The zero-order valence-corrected chi connectivity index (χ0v) is 17.1. The molecule has 0 aliphatic carbocycles. The lowest BCUT2D eigenvalue weighted by Crippen LogP contribution is -2.15. The second-order valence-corrected chi connectivity index (χ2v) is 8.83. The van der Waals surface area contributed by atoms with Crippen molar-refractivity contribution < 1.29 is 18.3 Å². The van der Waals surface area contributed by atoms with Gasteiger partial charge in [0.05, 0.1) is 23.1 Å². The van der Waals surface area contributed by atoms with Gasteiger partial charge in [0.15, 0.2) is 0 Å². The maximum Gasteiger partial charge on any atom is 0.268 e. The summed E-state index contributed by atoms with van der Waals surface area (Å²) in [6, 6.07) is 9.28. The molecule has 0 saturated heterocycles. The molecule has 0 amide bonds. The maximum absolute atomic E-state index is 13.6. The van der Waals surface area contributed by atoms with Crippen molar-refractivity contribution in [3.63, 3.8) is 0 Å². The number of aromatic nitrogens is 1. The number of nitrogens with zero attached hydrogens (tertiary/aromatic N) is 1. The van der Waals surface area contributed by atoms with E-state index in [0.717, 1.165) is 16.5 Å². The van der Waals surface area contributed by atoms with Crippen LogP contribution >= 0.6 is 0 Å². The predicted octanol–water partition coefficient (Wildman–Crippen LogP) is 4.00. The number of methoxy groups -OCH3 is 1. The Hall–Kier alpha value is -2.15. The van der Waals surface area contributed by atoms with Gasteiger partial charge in [-0.15, -0.1) is 0 Å².